The molecule has 1 aliphatic rings. The molecule has 1 unspecified atom stereocenters. The minimum Gasteiger partial charge on any atom is -0.378 e. The highest BCUT2D eigenvalue weighted by atomic mass is 32.2. The van der Waals surface area contributed by atoms with Crippen molar-refractivity contribution in [2.45, 2.75) is 10.3 Å². The molecule has 0 bridgehead atoms. The van der Waals surface area contributed by atoms with Crippen molar-refractivity contribution in [3.05, 3.63) is 60.2 Å². The fourth-order valence-electron chi connectivity index (χ4n) is 2.44. The molecular formula is C18H20N2S. The van der Waals surface area contributed by atoms with E-state index in [9.17, 15) is 0 Å². The Bertz CT molecular complexity index is 647. The molecule has 3 heteroatoms. The predicted octanol–water partition coefficient (Wildman–Crippen LogP) is 4.33. The molecule has 3 rings (SSSR count). The molecule has 0 saturated carbocycles. The summed E-state index contributed by atoms with van der Waals surface area (Å²) in [5, 5.41) is 0.371. The van der Waals surface area contributed by atoms with E-state index in [-0.39, 0.29) is 0 Å². The highest BCUT2D eigenvalue weighted by molar-refractivity contribution is 8.00. The van der Waals surface area contributed by atoms with Crippen LogP contribution in [0.25, 0.3) is 6.08 Å². The van der Waals surface area contributed by atoms with Crippen molar-refractivity contribution in [2.75, 3.05) is 30.9 Å². The number of para-hydroxylation sites is 1. The van der Waals surface area contributed by atoms with Gasteiger partial charge in [0, 0.05) is 31.7 Å². The van der Waals surface area contributed by atoms with Crippen molar-refractivity contribution in [3.63, 3.8) is 0 Å². The molecule has 21 heavy (non-hydrogen) atoms. The van der Waals surface area contributed by atoms with E-state index < -0.39 is 0 Å². The lowest BCUT2D eigenvalue weighted by atomic mass is 10.2. The first-order valence-electron chi connectivity index (χ1n) is 7.09. The maximum absolute atomic E-state index is 2.32. The molecule has 2 nitrogen and oxygen atoms in total. The van der Waals surface area contributed by atoms with Gasteiger partial charge < -0.3 is 9.80 Å². The number of benzene rings is 2. The number of nitrogens with zero attached hydrogens (tertiary/aromatic N) is 2. The second-order valence-corrected chi connectivity index (χ2v) is 6.59. The van der Waals surface area contributed by atoms with E-state index in [1.54, 1.807) is 0 Å². The third-order valence-electron chi connectivity index (χ3n) is 3.74. The minimum absolute atomic E-state index is 0.371. The molecule has 0 aromatic heterocycles. The zero-order valence-electron chi connectivity index (χ0n) is 12.7. The SMILES string of the molecule is CN(C)c1ccc(/C=C/C2Sc3ccccc3N2C)cc1. The van der Waals surface area contributed by atoms with Crippen LogP contribution < -0.4 is 9.80 Å². The van der Waals surface area contributed by atoms with Crippen molar-refractivity contribution in [1.29, 1.82) is 0 Å². The number of rotatable bonds is 3. The zero-order chi connectivity index (χ0) is 14.8. The summed E-state index contributed by atoms with van der Waals surface area (Å²) in [7, 11) is 6.28. The number of fused-ring (bicyclic) bond motifs is 1. The smallest absolute Gasteiger partial charge is 0.0983 e. The topological polar surface area (TPSA) is 6.48 Å². The van der Waals surface area contributed by atoms with Gasteiger partial charge in [-0.2, -0.15) is 0 Å². The molecular weight excluding hydrogens is 276 g/mol. The van der Waals surface area contributed by atoms with Gasteiger partial charge in [0.25, 0.3) is 0 Å². The molecule has 1 heterocycles. The van der Waals surface area contributed by atoms with Gasteiger partial charge in [0.1, 0.15) is 0 Å². The van der Waals surface area contributed by atoms with E-state index >= 15 is 0 Å². The fraction of sp³-hybridized carbons (Fsp3) is 0.222. The quantitative estimate of drug-likeness (QED) is 0.832. The molecule has 0 N–H and O–H groups in total. The Hall–Kier alpha value is -1.87. The van der Waals surface area contributed by atoms with Gasteiger partial charge in [0.15, 0.2) is 0 Å². The number of thioether (sulfide) groups is 1. The number of hydrogen-bond donors (Lipinski definition) is 0. The van der Waals surface area contributed by atoms with Crippen LogP contribution in [0.5, 0.6) is 0 Å². The van der Waals surface area contributed by atoms with Crippen molar-refractivity contribution < 1.29 is 0 Å². The first-order valence-corrected chi connectivity index (χ1v) is 7.97. The van der Waals surface area contributed by atoms with Crippen LogP contribution in [0.1, 0.15) is 5.56 Å². The summed E-state index contributed by atoms with van der Waals surface area (Å²) in [6.45, 7) is 0. The fourth-order valence-corrected chi connectivity index (χ4v) is 3.62. The van der Waals surface area contributed by atoms with Crippen LogP contribution in [0.3, 0.4) is 0 Å². The average molecular weight is 296 g/mol. The summed E-state index contributed by atoms with van der Waals surface area (Å²) in [6, 6.07) is 17.2. The summed E-state index contributed by atoms with van der Waals surface area (Å²) in [5.41, 5.74) is 3.79. The van der Waals surface area contributed by atoms with Crippen LogP contribution in [-0.4, -0.2) is 26.5 Å². The largest absolute Gasteiger partial charge is 0.378 e. The molecule has 2 aromatic carbocycles. The first kappa shape index (κ1) is 14.1. The Labute approximate surface area is 131 Å². The lowest BCUT2D eigenvalue weighted by molar-refractivity contribution is 0.993. The zero-order valence-corrected chi connectivity index (χ0v) is 13.5. The molecule has 2 aromatic rings. The van der Waals surface area contributed by atoms with E-state index in [1.807, 2.05) is 11.8 Å². The van der Waals surface area contributed by atoms with Crippen LogP contribution in [0.4, 0.5) is 11.4 Å². The average Bonchev–Trinajstić information content (AvgIpc) is 2.82. The normalized spacial score (nSPS) is 17.3. The molecule has 1 aliphatic heterocycles. The van der Waals surface area contributed by atoms with E-state index in [2.05, 4.69) is 91.6 Å². The summed E-state index contributed by atoms with van der Waals surface area (Å²) >= 11 is 1.90. The minimum atomic E-state index is 0.371. The number of hydrogen-bond acceptors (Lipinski definition) is 3. The van der Waals surface area contributed by atoms with Gasteiger partial charge in [-0.25, -0.2) is 0 Å². The molecule has 108 valence electrons. The molecule has 0 amide bonds. The lowest BCUT2D eigenvalue weighted by Crippen LogP contribution is -2.21. The summed E-state index contributed by atoms with van der Waals surface area (Å²) in [5.74, 6) is 0. The van der Waals surface area contributed by atoms with Crippen LogP contribution in [0.15, 0.2) is 59.5 Å². The van der Waals surface area contributed by atoms with Crippen LogP contribution in [0.2, 0.25) is 0 Å². The Kier molecular flexibility index (Phi) is 3.93. The Balaban J connectivity index is 1.73. The second-order valence-electron chi connectivity index (χ2n) is 5.43. The summed E-state index contributed by atoms with van der Waals surface area (Å²) < 4.78 is 0. The van der Waals surface area contributed by atoms with Gasteiger partial charge in [-0.05, 0) is 29.8 Å². The standard InChI is InChI=1S/C18H20N2S/c1-19(2)15-11-8-14(9-12-15)10-13-18-20(3)16-6-4-5-7-17(16)21-18/h4-13,18H,1-3H3/b13-10+. The lowest BCUT2D eigenvalue weighted by Gasteiger charge is -2.18. The van der Waals surface area contributed by atoms with Crippen LogP contribution in [-0.2, 0) is 0 Å². The number of anilines is 2. The monoisotopic (exact) mass is 296 g/mol. The third kappa shape index (κ3) is 2.93. The Morgan fingerprint density at radius 3 is 2.43 bits per heavy atom. The van der Waals surface area contributed by atoms with Crippen molar-refractivity contribution >= 4 is 29.2 Å². The van der Waals surface area contributed by atoms with E-state index in [0.717, 1.165) is 0 Å². The molecule has 0 spiro atoms. The van der Waals surface area contributed by atoms with Crippen molar-refractivity contribution in [1.82, 2.24) is 0 Å². The summed E-state index contributed by atoms with van der Waals surface area (Å²) in [4.78, 5) is 5.80. The summed E-state index contributed by atoms with van der Waals surface area (Å²) in [6.07, 6.45) is 4.48. The number of likely N-dealkylation sites (N-methyl/N-ethyl adjacent to an activating group) is 1. The highest BCUT2D eigenvalue weighted by Gasteiger charge is 2.24. The maximum atomic E-state index is 2.32. The highest BCUT2D eigenvalue weighted by Crippen LogP contribution is 2.42. The van der Waals surface area contributed by atoms with Crippen LogP contribution in [0, 0.1) is 0 Å². The predicted molar refractivity (Wildman–Crippen MR) is 94.3 cm³/mol. The second kappa shape index (κ2) is 5.86. The van der Waals surface area contributed by atoms with Gasteiger partial charge in [0.2, 0.25) is 0 Å². The van der Waals surface area contributed by atoms with E-state index in [0.29, 0.717) is 5.37 Å². The van der Waals surface area contributed by atoms with Gasteiger partial charge in [-0.1, -0.05) is 48.2 Å². The van der Waals surface area contributed by atoms with Gasteiger partial charge >= 0.3 is 0 Å². The third-order valence-corrected chi connectivity index (χ3v) is 5.05. The van der Waals surface area contributed by atoms with Crippen LogP contribution >= 0.6 is 11.8 Å². The Morgan fingerprint density at radius 1 is 1.05 bits per heavy atom. The molecule has 0 radical (unpaired) electrons. The Morgan fingerprint density at radius 2 is 1.76 bits per heavy atom. The molecule has 1 atom stereocenters. The van der Waals surface area contributed by atoms with Gasteiger partial charge in [0.05, 0.1) is 11.1 Å². The van der Waals surface area contributed by atoms with E-state index in [4.69, 9.17) is 0 Å². The molecule has 0 aliphatic carbocycles. The van der Waals surface area contributed by atoms with Gasteiger partial charge in [-0.15, -0.1) is 0 Å². The van der Waals surface area contributed by atoms with Crippen molar-refractivity contribution in [3.8, 4) is 0 Å². The van der Waals surface area contributed by atoms with Gasteiger partial charge in [-0.3, -0.25) is 0 Å². The molecule has 0 fully saturated rings. The first-order chi connectivity index (χ1) is 10.1. The van der Waals surface area contributed by atoms with Crippen molar-refractivity contribution in [2.24, 2.45) is 0 Å². The maximum Gasteiger partial charge on any atom is 0.0983 e. The molecule has 0 saturated heterocycles. The van der Waals surface area contributed by atoms with E-state index in [1.165, 1.54) is 21.8 Å².